The van der Waals surface area contributed by atoms with Gasteiger partial charge in [-0.15, -0.1) is 0 Å². The number of pyridine rings is 1. The van der Waals surface area contributed by atoms with Crippen molar-refractivity contribution in [2.24, 2.45) is 0 Å². The van der Waals surface area contributed by atoms with E-state index in [2.05, 4.69) is 4.98 Å². The molecule has 2 aromatic rings. The number of aryl methyl sites for hydroxylation is 1. The standard InChI is InChI=1S/C15H13NO3/c17-11-13(18)9-8-12-5-4-10-16-15(12)19-14-6-2-1-3-7-14/h1-7,10-11H,8-9H2. The summed E-state index contributed by atoms with van der Waals surface area (Å²) in [6, 6.07) is 12.9. The predicted octanol–water partition coefficient (Wildman–Crippen LogP) is 2.57. The summed E-state index contributed by atoms with van der Waals surface area (Å²) >= 11 is 0. The number of hydrogen-bond acceptors (Lipinski definition) is 4. The Morgan fingerprint density at radius 3 is 2.68 bits per heavy atom. The van der Waals surface area contributed by atoms with Crippen LogP contribution in [0.25, 0.3) is 0 Å². The van der Waals surface area contributed by atoms with Crippen molar-refractivity contribution in [3.05, 3.63) is 54.2 Å². The van der Waals surface area contributed by atoms with Gasteiger partial charge in [0.15, 0.2) is 12.1 Å². The maximum Gasteiger partial charge on any atom is 0.222 e. The Morgan fingerprint density at radius 1 is 1.16 bits per heavy atom. The summed E-state index contributed by atoms with van der Waals surface area (Å²) in [4.78, 5) is 25.5. The van der Waals surface area contributed by atoms with Gasteiger partial charge in [-0.3, -0.25) is 9.59 Å². The van der Waals surface area contributed by atoms with Gasteiger partial charge in [-0.2, -0.15) is 0 Å². The maximum absolute atomic E-state index is 11.0. The zero-order chi connectivity index (χ0) is 13.5. The van der Waals surface area contributed by atoms with Crippen LogP contribution in [-0.4, -0.2) is 17.1 Å². The quantitative estimate of drug-likeness (QED) is 0.588. The first-order valence-corrected chi connectivity index (χ1v) is 5.94. The molecule has 2 rings (SSSR count). The number of aldehydes is 1. The normalized spacial score (nSPS) is 9.89. The number of carbonyl (C=O) groups is 2. The molecule has 0 aliphatic rings. The van der Waals surface area contributed by atoms with Crippen LogP contribution in [0, 0.1) is 0 Å². The lowest BCUT2D eigenvalue weighted by molar-refractivity contribution is -0.129. The fraction of sp³-hybridized carbons (Fsp3) is 0.133. The lowest BCUT2D eigenvalue weighted by Gasteiger charge is -2.08. The molecule has 0 N–H and O–H groups in total. The summed E-state index contributed by atoms with van der Waals surface area (Å²) in [6.07, 6.45) is 2.57. The van der Waals surface area contributed by atoms with Gasteiger partial charge in [0.25, 0.3) is 0 Å². The van der Waals surface area contributed by atoms with E-state index in [-0.39, 0.29) is 6.42 Å². The lowest BCUT2D eigenvalue weighted by atomic mass is 10.1. The van der Waals surface area contributed by atoms with Crippen molar-refractivity contribution in [2.75, 3.05) is 0 Å². The van der Waals surface area contributed by atoms with Crippen molar-refractivity contribution < 1.29 is 14.3 Å². The van der Waals surface area contributed by atoms with Gasteiger partial charge in [-0.05, 0) is 24.6 Å². The highest BCUT2D eigenvalue weighted by Crippen LogP contribution is 2.23. The molecule has 19 heavy (non-hydrogen) atoms. The monoisotopic (exact) mass is 255 g/mol. The molecule has 1 aromatic heterocycles. The molecule has 0 aliphatic heterocycles. The fourth-order valence-electron chi connectivity index (χ4n) is 1.62. The van der Waals surface area contributed by atoms with E-state index in [4.69, 9.17) is 4.74 Å². The summed E-state index contributed by atoms with van der Waals surface area (Å²) in [5, 5.41) is 0. The van der Waals surface area contributed by atoms with Crippen LogP contribution in [0.4, 0.5) is 0 Å². The molecule has 0 saturated heterocycles. The first kappa shape index (κ1) is 13.0. The molecule has 0 spiro atoms. The number of para-hydroxylation sites is 1. The Morgan fingerprint density at radius 2 is 1.95 bits per heavy atom. The highest BCUT2D eigenvalue weighted by molar-refractivity contribution is 6.24. The van der Waals surface area contributed by atoms with Crippen LogP contribution in [0.3, 0.4) is 0 Å². The Hall–Kier alpha value is -2.49. The zero-order valence-corrected chi connectivity index (χ0v) is 10.3. The second kappa shape index (κ2) is 6.44. The largest absolute Gasteiger partial charge is 0.439 e. The van der Waals surface area contributed by atoms with Crippen LogP contribution in [0.2, 0.25) is 0 Å². The Bertz CT molecular complexity index is 567. The van der Waals surface area contributed by atoms with Crippen LogP contribution in [0.5, 0.6) is 11.6 Å². The van der Waals surface area contributed by atoms with E-state index < -0.39 is 5.78 Å². The van der Waals surface area contributed by atoms with Gasteiger partial charge < -0.3 is 4.74 Å². The molecule has 1 heterocycles. The zero-order valence-electron chi connectivity index (χ0n) is 10.3. The van der Waals surface area contributed by atoms with E-state index in [1.54, 1.807) is 12.3 Å². The topological polar surface area (TPSA) is 56.3 Å². The number of nitrogens with zero attached hydrogens (tertiary/aromatic N) is 1. The molecule has 0 fully saturated rings. The van der Waals surface area contributed by atoms with Crippen LogP contribution in [-0.2, 0) is 16.0 Å². The number of aromatic nitrogens is 1. The van der Waals surface area contributed by atoms with Crippen LogP contribution >= 0.6 is 0 Å². The molecular weight excluding hydrogens is 242 g/mol. The Labute approximate surface area is 111 Å². The fourth-order valence-corrected chi connectivity index (χ4v) is 1.62. The molecular formula is C15H13NO3. The third kappa shape index (κ3) is 3.74. The van der Waals surface area contributed by atoms with Crippen LogP contribution < -0.4 is 4.74 Å². The predicted molar refractivity (Wildman–Crippen MR) is 70.1 cm³/mol. The van der Waals surface area contributed by atoms with E-state index in [0.717, 1.165) is 5.56 Å². The molecule has 0 aliphatic carbocycles. The third-order valence-electron chi connectivity index (χ3n) is 2.58. The second-order valence-corrected chi connectivity index (χ2v) is 3.97. The van der Waals surface area contributed by atoms with Crippen molar-refractivity contribution in [1.29, 1.82) is 0 Å². The summed E-state index contributed by atoms with van der Waals surface area (Å²) in [5.74, 6) is 0.728. The summed E-state index contributed by atoms with van der Waals surface area (Å²) in [5.41, 5.74) is 0.807. The highest BCUT2D eigenvalue weighted by atomic mass is 16.5. The second-order valence-electron chi connectivity index (χ2n) is 3.97. The SMILES string of the molecule is O=CC(=O)CCc1cccnc1Oc1ccccc1. The Balaban J connectivity index is 2.12. The van der Waals surface area contributed by atoms with E-state index in [1.807, 2.05) is 36.4 Å². The molecule has 0 atom stereocenters. The average Bonchev–Trinajstić information content (AvgIpc) is 2.47. The summed E-state index contributed by atoms with van der Waals surface area (Å²) in [6.45, 7) is 0. The number of rotatable bonds is 6. The van der Waals surface area contributed by atoms with Gasteiger partial charge >= 0.3 is 0 Å². The molecule has 1 aromatic carbocycles. The van der Waals surface area contributed by atoms with E-state index in [9.17, 15) is 9.59 Å². The van der Waals surface area contributed by atoms with Crippen molar-refractivity contribution in [1.82, 2.24) is 4.98 Å². The number of hydrogen-bond donors (Lipinski definition) is 0. The molecule has 0 bridgehead atoms. The first-order valence-electron chi connectivity index (χ1n) is 5.94. The number of benzene rings is 1. The summed E-state index contributed by atoms with van der Waals surface area (Å²) in [7, 11) is 0. The van der Waals surface area contributed by atoms with E-state index in [1.165, 1.54) is 0 Å². The summed E-state index contributed by atoms with van der Waals surface area (Å²) < 4.78 is 5.66. The minimum absolute atomic E-state index is 0.167. The molecule has 0 unspecified atom stereocenters. The maximum atomic E-state index is 11.0. The van der Waals surface area contributed by atoms with Gasteiger partial charge in [0.05, 0.1) is 0 Å². The molecule has 96 valence electrons. The van der Waals surface area contributed by atoms with Gasteiger partial charge in [0.2, 0.25) is 5.88 Å². The van der Waals surface area contributed by atoms with Crippen LogP contribution in [0.15, 0.2) is 48.7 Å². The number of ether oxygens (including phenoxy) is 1. The van der Waals surface area contributed by atoms with Crippen molar-refractivity contribution in [3.8, 4) is 11.6 Å². The molecule has 0 radical (unpaired) electrons. The molecule has 4 nitrogen and oxygen atoms in total. The smallest absolute Gasteiger partial charge is 0.222 e. The third-order valence-corrected chi connectivity index (χ3v) is 2.58. The average molecular weight is 255 g/mol. The molecule has 0 amide bonds. The van der Waals surface area contributed by atoms with Crippen LogP contribution in [0.1, 0.15) is 12.0 Å². The highest BCUT2D eigenvalue weighted by Gasteiger charge is 2.08. The van der Waals surface area contributed by atoms with E-state index >= 15 is 0 Å². The van der Waals surface area contributed by atoms with Crippen molar-refractivity contribution in [3.63, 3.8) is 0 Å². The minimum atomic E-state index is -0.422. The Kier molecular flexibility index (Phi) is 4.39. The van der Waals surface area contributed by atoms with Gasteiger partial charge in [-0.1, -0.05) is 24.3 Å². The number of Topliss-reactive ketones (excluding diaryl/α,β-unsaturated/α-hetero) is 1. The first-order chi connectivity index (χ1) is 9.29. The van der Waals surface area contributed by atoms with Gasteiger partial charge in [-0.25, -0.2) is 4.98 Å². The van der Waals surface area contributed by atoms with Crippen molar-refractivity contribution in [2.45, 2.75) is 12.8 Å². The number of carbonyl (C=O) groups excluding carboxylic acids is 2. The molecule has 0 saturated carbocycles. The van der Waals surface area contributed by atoms with Gasteiger partial charge in [0.1, 0.15) is 5.75 Å². The lowest BCUT2D eigenvalue weighted by Crippen LogP contribution is -2.02. The van der Waals surface area contributed by atoms with E-state index in [0.29, 0.717) is 24.3 Å². The molecule has 4 heteroatoms. The van der Waals surface area contributed by atoms with Gasteiger partial charge in [0, 0.05) is 18.2 Å². The number of ketones is 1. The van der Waals surface area contributed by atoms with Crippen molar-refractivity contribution >= 4 is 12.1 Å². The minimum Gasteiger partial charge on any atom is -0.439 e.